The van der Waals surface area contributed by atoms with Crippen molar-refractivity contribution >= 4 is 5.91 Å². The van der Waals surface area contributed by atoms with Crippen molar-refractivity contribution < 1.29 is 6.17 Å². The topological polar surface area (TPSA) is 32.1 Å². The van der Waals surface area contributed by atoms with Crippen LogP contribution in [0.1, 0.15) is 1.37 Å². The zero-order chi connectivity index (χ0) is 5.72. The average Bonchev–Trinajstić information content (AvgIpc) is 2.39. The molecule has 0 aromatic rings. The highest BCUT2D eigenvalue weighted by Crippen LogP contribution is 2.18. The SMILES string of the molecule is [2H]C1NC2CN2C1=O. The number of piperazine rings is 1. The Morgan fingerprint density at radius 3 is 3.29 bits per heavy atom. The molecule has 2 fully saturated rings. The Balaban J connectivity index is 2.19. The molecule has 2 aliphatic heterocycles. The maximum atomic E-state index is 10.6. The molecular formula is C4H6N2O. The standard InChI is InChI=1S/C4H6N2O/c7-4-1-5-3-2-6(3)4/h3,5H,1-2H2/i1D. The maximum absolute atomic E-state index is 10.6. The van der Waals surface area contributed by atoms with Gasteiger partial charge in [0.15, 0.2) is 0 Å². The zero-order valence-electron chi connectivity index (χ0n) is 4.72. The summed E-state index contributed by atoms with van der Waals surface area (Å²) in [5.74, 6) is -0.0741. The van der Waals surface area contributed by atoms with E-state index >= 15 is 0 Å². The second kappa shape index (κ2) is 0.816. The van der Waals surface area contributed by atoms with Gasteiger partial charge < -0.3 is 4.90 Å². The zero-order valence-corrected chi connectivity index (χ0v) is 3.72. The fourth-order valence-corrected chi connectivity index (χ4v) is 0.776. The molecule has 3 nitrogen and oxygen atoms in total. The quantitative estimate of drug-likeness (QED) is 0.385. The van der Waals surface area contributed by atoms with Crippen LogP contribution in [-0.2, 0) is 4.79 Å². The molecule has 2 heterocycles. The second-order valence-electron chi connectivity index (χ2n) is 1.82. The van der Waals surface area contributed by atoms with Crippen LogP contribution in [0.3, 0.4) is 0 Å². The van der Waals surface area contributed by atoms with Crippen molar-refractivity contribution in [2.75, 3.05) is 13.1 Å². The summed E-state index contributed by atoms with van der Waals surface area (Å²) < 4.78 is 7.00. The van der Waals surface area contributed by atoms with Gasteiger partial charge in [-0.3, -0.25) is 10.1 Å². The third kappa shape index (κ3) is 0.307. The van der Waals surface area contributed by atoms with Gasteiger partial charge in [0.05, 0.1) is 14.4 Å². The number of nitrogens with zero attached hydrogens (tertiary/aromatic N) is 1. The molecule has 0 bridgehead atoms. The Bertz CT molecular complexity index is 145. The molecule has 3 heteroatoms. The fraction of sp³-hybridized carbons (Fsp3) is 0.750. The summed E-state index contributed by atoms with van der Waals surface area (Å²) in [6.45, 7) is 0.141. The van der Waals surface area contributed by atoms with Crippen molar-refractivity contribution in [3.8, 4) is 0 Å². The number of amides is 1. The van der Waals surface area contributed by atoms with Gasteiger partial charge in [-0.05, 0) is 0 Å². The molecule has 1 N–H and O–H groups in total. The molecule has 0 aromatic heterocycles. The van der Waals surface area contributed by atoms with Crippen LogP contribution in [0.5, 0.6) is 0 Å². The molecule has 38 valence electrons. The van der Waals surface area contributed by atoms with E-state index in [1.54, 1.807) is 4.90 Å². The van der Waals surface area contributed by atoms with Crippen molar-refractivity contribution in [2.45, 2.75) is 6.17 Å². The average molecular weight is 99.1 g/mol. The number of rotatable bonds is 0. The van der Waals surface area contributed by atoms with E-state index in [9.17, 15) is 4.79 Å². The van der Waals surface area contributed by atoms with Gasteiger partial charge in [0.25, 0.3) is 0 Å². The molecule has 0 saturated carbocycles. The summed E-state index contributed by atoms with van der Waals surface area (Å²) in [4.78, 5) is 12.3. The smallest absolute Gasteiger partial charge is 0.238 e. The molecule has 2 aliphatic rings. The number of carbonyl (C=O) groups excluding carboxylic acids is 1. The Kier molecular flexibility index (Phi) is 0.311. The maximum Gasteiger partial charge on any atom is 0.238 e. The summed E-state index contributed by atoms with van der Waals surface area (Å²) >= 11 is 0. The molecule has 2 saturated heterocycles. The molecule has 0 spiro atoms. The molecule has 2 atom stereocenters. The van der Waals surface area contributed by atoms with E-state index in [4.69, 9.17) is 1.37 Å². The Hall–Kier alpha value is -0.570. The molecule has 7 heavy (non-hydrogen) atoms. The molecule has 2 unspecified atom stereocenters. The van der Waals surface area contributed by atoms with Crippen LogP contribution in [0.15, 0.2) is 0 Å². The Labute approximate surface area is 42.7 Å². The largest absolute Gasteiger partial charge is 0.321 e. The first-order valence-electron chi connectivity index (χ1n) is 2.85. The molecule has 1 amide bonds. The van der Waals surface area contributed by atoms with Crippen LogP contribution in [0.2, 0.25) is 0 Å². The highest BCUT2D eigenvalue weighted by molar-refractivity contribution is 5.83. The summed E-state index contributed by atoms with van der Waals surface area (Å²) in [7, 11) is 0. The van der Waals surface area contributed by atoms with E-state index in [1.165, 1.54) is 0 Å². The normalized spacial score (nSPS) is 48.9. The van der Waals surface area contributed by atoms with Crippen molar-refractivity contribution in [2.24, 2.45) is 0 Å². The van der Waals surface area contributed by atoms with Crippen LogP contribution in [0.25, 0.3) is 0 Å². The molecule has 0 aromatic carbocycles. The molecule has 2 rings (SSSR count). The van der Waals surface area contributed by atoms with E-state index in [0.717, 1.165) is 6.54 Å². The number of hydrogen-bond donors (Lipinski definition) is 1. The summed E-state index contributed by atoms with van der Waals surface area (Å²) in [5.41, 5.74) is 0. The minimum atomic E-state index is -0.672. The van der Waals surface area contributed by atoms with Crippen LogP contribution in [0.4, 0.5) is 0 Å². The molecule has 0 aliphatic carbocycles. The van der Waals surface area contributed by atoms with E-state index in [2.05, 4.69) is 5.32 Å². The van der Waals surface area contributed by atoms with Crippen molar-refractivity contribution in [1.82, 2.24) is 10.2 Å². The first-order chi connectivity index (χ1) is 3.79. The van der Waals surface area contributed by atoms with Crippen LogP contribution >= 0.6 is 0 Å². The fourth-order valence-electron chi connectivity index (χ4n) is 0.776. The van der Waals surface area contributed by atoms with Crippen LogP contribution in [-0.4, -0.2) is 30.0 Å². The van der Waals surface area contributed by atoms with E-state index in [-0.39, 0.29) is 12.1 Å². The summed E-state index contributed by atoms with van der Waals surface area (Å²) in [5, 5.41) is 2.78. The van der Waals surface area contributed by atoms with Gasteiger partial charge >= 0.3 is 0 Å². The lowest BCUT2D eigenvalue weighted by molar-refractivity contribution is -0.123. The van der Waals surface area contributed by atoms with Gasteiger partial charge in [-0.2, -0.15) is 0 Å². The number of nitrogens with one attached hydrogen (secondary N) is 1. The first-order valence-corrected chi connectivity index (χ1v) is 2.28. The monoisotopic (exact) mass is 99.1 g/mol. The van der Waals surface area contributed by atoms with E-state index in [1.807, 2.05) is 0 Å². The first kappa shape index (κ1) is 2.67. The number of hydrogen-bond acceptors (Lipinski definition) is 2. The molecule has 0 radical (unpaired) electrons. The van der Waals surface area contributed by atoms with Gasteiger partial charge in [-0.1, -0.05) is 0 Å². The number of carbonyl (C=O) groups is 1. The Morgan fingerprint density at radius 1 is 2.14 bits per heavy atom. The lowest BCUT2D eigenvalue weighted by atomic mass is 10.6. The predicted molar refractivity (Wildman–Crippen MR) is 23.5 cm³/mol. The van der Waals surface area contributed by atoms with Gasteiger partial charge in [-0.25, -0.2) is 0 Å². The summed E-state index contributed by atoms with van der Waals surface area (Å²) in [6, 6.07) is 0. The minimum Gasteiger partial charge on any atom is -0.321 e. The van der Waals surface area contributed by atoms with Crippen molar-refractivity contribution in [3.05, 3.63) is 0 Å². The summed E-state index contributed by atoms with van der Waals surface area (Å²) in [6.07, 6.45) is 0.213. The van der Waals surface area contributed by atoms with Crippen LogP contribution < -0.4 is 5.32 Å². The highest BCUT2D eigenvalue weighted by Gasteiger charge is 2.43. The van der Waals surface area contributed by atoms with Crippen LogP contribution in [0, 0.1) is 0 Å². The van der Waals surface area contributed by atoms with Gasteiger partial charge in [0.2, 0.25) is 5.91 Å². The van der Waals surface area contributed by atoms with E-state index < -0.39 is 6.52 Å². The van der Waals surface area contributed by atoms with Gasteiger partial charge in [0, 0.05) is 0 Å². The van der Waals surface area contributed by atoms with Gasteiger partial charge in [-0.15, -0.1) is 0 Å². The highest BCUT2D eigenvalue weighted by atomic mass is 16.2. The van der Waals surface area contributed by atoms with Gasteiger partial charge in [0.1, 0.15) is 6.17 Å². The lowest BCUT2D eigenvalue weighted by Crippen LogP contribution is -2.17. The third-order valence-electron chi connectivity index (χ3n) is 1.29. The third-order valence-corrected chi connectivity index (χ3v) is 1.29. The minimum absolute atomic E-state index is 0.0741. The van der Waals surface area contributed by atoms with Crippen molar-refractivity contribution in [3.63, 3.8) is 0 Å². The Morgan fingerprint density at radius 2 is 3.00 bits per heavy atom. The molecular weight excluding hydrogens is 92.1 g/mol. The lowest BCUT2D eigenvalue weighted by Gasteiger charge is -1.85. The predicted octanol–water partition coefficient (Wildman–Crippen LogP) is -1.24. The van der Waals surface area contributed by atoms with E-state index in [0.29, 0.717) is 0 Å². The second-order valence-corrected chi connectivity index (χ2v) is 1.82. The number of fused-ring (bicyclic) bond motifs is 1. The van der Waals surface area contributed by atoms with Crippen molar-refractivity contribution in [1.29, 1.82) is 0 Å².